The Bertz CT molecular complexity index is 1030. The number of carbonyl (C=O) groups excluding carboxylic acids is 4. The molecule has 34 heavy (non-hydrogen) atoms. The molecule has 0 radical (unpaired) electrons. The van der Waals surface area contributed by atoms with Crippen molar-refractivity contribution in [2.24, 2.45) is 11.8 Å². The van der Waals surface area contributed by atoms with Crippen LogP contribution < -0.4 is 4.72 Å². The number of hydrogen-bond donors (Lipinski definition) is 1. The summed E-state index contributed by atoms with van der Waals surface area (Å²) < 4.78 is 28.4. The molecule has 2 heterocycles. The van der Waals surface area contributed by atoms with Gasteiger partial charge in [0.25, 0.3) is 11.8 Å². The number of nitrogens with zero attached hydrogens (tertiary/aromatic N) is 2. The van der Waals surface area contributed by atoms with Gasteiger partial charge in [-0.2, -0.15) is 4.72 Å². The minimum absolute atomic E-state index is 0.0224. The van der Waals surface area contributed by atoms with Crippen molar-refractivity contribution in [3.05, 3.63) is 29.8 Å². The second-order valence-electron chi connectivity index (χ2n) is 8.89. The first kappa shape index (κ1) is 25.8. The van der Waals surface area contributed by atoms with Crippen molar-refractivity contribution in [3.63, 3.8) is 0 Å². The topological polar surface area (TPSA) is 130 Å². The summed E-state index contributed by atoms with van der Waals surface area (Å²) in [6.45, 7) is 6.03. The van der Waals surface area contributed by atoms with Gasteiger partial charge in [-0.1, -0.05) is 38.0 Å². The molecule has 2 saturated heterocycles. The molecule has 0 aromatic heterocycles. The predicted octanol–water partition coefficient (Wildman–Crippen LogP) is 1.53. The number of nitrogens with one attached hydrogen (secondary N) is 1. The third kappa shape index (κ3) is 5.82. The average Bonchev–Trinajstić information content (AvgIpc) is 3.14. The SMILES string of the molecule is CCC(C)[C@H](NS(=O)(=O)c1ccc(C)cc1)C(=O)N1CCC(C(=O)ON2C(=O)CCC2=O)CC1. The van der Waals surface area contributed by atoms with Crippen LogP contribution in [0.5, 0.6) is 0 Å². The summed E-state index contributed by atoms with van der Waals surface area (Å²) in [4.78, 5) is 55.7. The third-order valence-electron chi connectivity index (χ3n) is 6.42. The Morgan fingerprint density at radius 1 is 1.09 bits per heavy atom. The molecule has 2 aliphatic heterocycles. The fourth-order valence-electron chi connectivity index (χ4n) is 3.95. The quantitative estimate of drug-likeness (QED) is 0.544. The fraction of sp³-hybridized carbons (Fsp3) is 0.565. The summed E-state index contributed by atoms with van der Waals surface area (Å²) in [5.74, 6) is -2.90. The van der Waals surface area contributed by atoms with Crippen LogP contribution in [0.4, 0.5) is 0 Å². The molecule has 2 aliphatic rings. The molecular formula is C23H31N3O7S. The lowest BCUT2D eigenvalue weighted by Crippen LogP contribution is -2.53. The highest BCUT2D eigenvalue weighted by Gasteiger charge is 2.38. The summed E-state index contributed by atoms with van der Waals surface area (Å²) in [5.41, 5.74) is 0.924. The molecule has 1 aromatic carbocycles. The van der Waals surface area contributed by atoms with E-state index in [1.54, 1.807) is 17.0 Å². The van der Waals surface area contributed by atoms with Crippen LogP contribution in [0.3, 0.4) is 0 Å². The summed E-state index contributed by atoms with van der Waals surface area (Å²) in [6.07, 6.45) is 1.22. The number of benzene rings is 1. The fourth-order valence-corrected chi connectivity index (χ4v) is 5.25. The number of hydroxylamine groups is 2. The molecule has 3 rings (SSSR count). The highest BCUT2D eigenvalue weighted by atomic mass is 32.2. The van der Waals surface area contributed by atoms with Crippen molar-refractivity contribution >= 4 is 33.7 Å². The first-order valence-electron chi connectivity index (χ1n) is 11.5. The van der Waals surface area contributed by atoms with E-state index in [0.29, 0.717) is 24.3 Å². The Morgan fingerprint density at radius 2 is 1.65 bits per heavy atom. The summed E-state index contributed by atoms with van der Waals surface area (Å²) >= 11 is 0. The number of carbonyl (C=O) groups is 4. The Hall–Kier alpha value is -2.79. The number of aryl methyl sites for hydroxylation is 1. The number of amides is 3. The summed E-state index contributed by atoms with van der Waals surface area (Å²) in [7, 11) is -3.90. The molecule has 2 fully saturated rings. The van der Waals surface area contributed by atoms with Gasteiger partial charge in [-0.15, -0.1) is 5.06 Å². The molecule has 1 unspecified atom stereocenters. The van der Waals surface area contributed by atoms with Gasteiger partial charge in [-0.05, 0) is 37.8 Å². The molecule has 11 heteroatoms. The van der Waals surface area contributed by atoms with Crippen molar-refractivity contribution in [1.82, 2.24) is 14.7 Å². The number of piperidine rings is 1. The Kier molecular flexibility index (Phi) is 8.09. The van der Waals surface area contributed by atoms with Crippen molar-refractivity contribution < 1.29 is 32.4 Å². The monoisotopic (exact) mass is 493 g/mol. The lowest BCUT2D eigenvalue weighted by atomic mass is 9.94. The van der Waals surface area contributed by atoms with Gasteiger partial charge in [0.15, 0.2) is 0 Å². The van der Waals surface area contributed by atoms with Gasteiger partial charge in [0.1, 0.15) is 6.04 Å². The van der Waals surface area contributed by atoms with Gasteiger partial charge in [-0.3, -0.25) is 14.4 Å². The molecule has 10 nitrogen and oxygen atoms in total. The summed E-state index contributed by atoms with van der Waals surface area (Å²) in [5, 5.41) is 0.526. The minimum Gasteiger partial charge on any atom is -0.341 e. The molecule has 1 aromatic rings. The Labute approximate surface area is 199 Å². The lowest BCUT2D eigenvalue weighted by molar-refractivity contribution is -0.201. The van der Waals surface area contributed by atoms with Gasteiger partial charge in [0.05, 0.1) is 10.8 Å². The van der Waals surface area contributed by atoms with E-state index in [1.807, 2.05) is 20.8 Å². The molecule has 0 bridgehead atoms. The van der Waals surface area contributed by atoms with E-state index in [4.69, 9.17) is 4.84 Å². The van der Waals surface area contributed by atoms with Crippen LogP contribution in [0.25, 0.3) is 0 Å². The van der Waals surface area contributed by atoms with Crippen LogP contribution in [-0.4, -0.2) is 61.2 Å². The van der Waals surface area contributed by atoms with Gasteiger partial charge >= 0.3 is 5.97 Å². The zero-order chi connectivity index (χ0) is 25.0. The zero-order valence-electron chi connectivity index (χ0n) is 19.7. The number of likely N-dealkylation sites (tertiary alicyclic amines) is 1. The van der Waals surface area contributed by atoms with E-state index in [9.17, 15) is 27.6 Å². The molecule has 0 aliphatic carbocycles. The molecule has 1 N–H and O–H groups in total. The number of imide groups is 1. The van der Waals surface area contributed by atoms with Crippen LogP contribution in [0, 0.1) is 18.8 Å². The zero-order valence-corrected chi connectivity index (χ0v) is 20.5. The molecular weight excluding hydrogens is 462 g/mol. The van der Waals surface area contributed by atoms with Crippen LogP contribution in [0.2, 0.25) is 0 Å². The maximum atomic E-state index is 13.3. The maximum Gasteiger partial charge on any atom is 0.336 e. The van der Waals surface area contributed by atoms with Gasteiger partial charge < -0.3 is 9.74 Å². The number of hydrogen-bond acceptors (Lipinski definition) is 7. The van der Waals surface area contributed by atoms with Crippen LogP contribution in [0.1, 0.15) is 51.5 Å². The van der Waals surface area contributed by atoms with Crippen LogP contribution >= 0.6 is 0 Å². The average molecular weight is 494 g/mol. The molecule has 0 spiro atoms. The van der Waals surface area contributed by atoms with Crippen LogP contribution in [-0.2, 0) is 34.0 Å². The van der Waals surface area contributed by atoms with Crippen molar-refractivity contribution in [2.45, 2.75) is 63.8 Å². The summed E-state index contributed by atoms with van der Waals surface area (Å²) in [6, 6.07) is 5.45. The first-order valence-corrected chi connectivity index (χ1v) is 13.0. The Morgan fingerprint density at radius 3 is 2.18 bits per heavy atom. The van der Waals surface area contributed by atoms with E-state index < -0.39 is 39.8 Å². The highest BCUT2D eigenvalue weighted by molar-refractivity contribution is 7.89. The second kappa shape index (κ2) is 10.6. The largest absolute Gasteiger partial charge is 0.341 e. The second-order valence-corrected chi connectivity index (χ2v) is 10.6. The van der Waals surface area contributed by atoms with Crippen LogP contribution in [0.15, 0.2) is 29.2 Å². The maximum absolute atomic E-state index is 13.3. The molecule has 3 amide bonds. The van der Waals surface area contributed by atoms with E-state index in [2.05, 4.69) is 4.72 Å². The van der Waals surface area contributed by atoms with Crippen molar-refractivity contribution in [3.8, 4) is 0 Å². The standard InChI is InChI=1S/C23H31N3O7S/c1-4-16(3)21(24-34(31,32)18-7-5-15(2)6-8-18)22(29)25-13-11-17(12-14-25)23(30)33-26-19(27)9-10-20(26)28/h5-8,16-17,21,24H,4,9-14H2,1-3H3/t16?,21-/m0/s1. The van der Waals surface area contributed by atoms with Gasteiger partial charge in [0.2, 0.25) is 15.9 Å². The third-order valence-corrected chi connectivity index (χ3v) is 7.88. The predicted molar refractivity (Wildman–Crippen MR) is 121 cm³/mol. The highest BCUT2D eigenvalue weighted by Crippen LogP contribution is 2.24. The van der Waals surface area contributed by atoms with Gasteiger partial charge in [0, 0.05) is 25.9 Å². The number of rotatable bonds is 8. The van der Waals surface area contributed by atoms with E-state index >= 15 is 0 Å². The van der Waals surface area contributed by atoms with Gasteiger partial charge in [-0.25, -0.2) is 13.2 Å². The van der Waals surface area contributed by atoms with Crippen molar-refractivity contribution in [1.29, 1.82) is 0 Å². The smallest absolute Gasteiger partial charge is 0.336 e. The molecule has 2 atom stereocenters. The van der Waals surface area contributed by atoms with Crippen molar-refractivity contribution in [2.75, 3.05) is 13.1 Å². The van der Waals surface area contributed by atoms with E-state index in [0.717, 1.165) is 5.56 Å². The normalized spacial score (nSPS) is 19.3. The van der Waals surface area contributed by atoms with E-state index in [1.165, 1.54) is 12.1 Å². The number of sulfonamides is 1. The molecule has 186 valence electrons. The Balaban J connectivity index is 1.63. The minimum atomic E-state index is -3.90. The molecule has 0 saturated carbocycles. The lowest BCUT2D eigenvalue weighted by Gasteiger charge is -2.35. The van der Waals surface area contributed by atoms with E-state index in [-0.39, 0.29) is 42.7 Å². The first-order chi connectivity index (χ1) is 16.0.